The summed E-state index contributed by atoms with van der Waals surface area (Å²) in [6.07, 6.45) is -2.63. The van der Waals surface area contributed by atoms with Gasteiger partial charge in [-0.1, -0.05) is 0 Å². The summed E-state index contributed by atoms with van der Waals surface area (Å²) in [4.78, 5) is 0. The first kappa shape index (κ1) is 11.0. The monoisotopic (exact) mass is 228 g/mol. The van der Waals surface area contributed by atoms with Gasteiger partial charge in [0, 0.05) is 6.26 Å². The van der Waals surface area contributed by atoms with E-state index in [9.17, 15) is 21.6 Å². The summed E-state index contributed by atoms with van der Waals surface area (Å²) >= 11 is 0. The van der Waals surface area contributed by atoms with Crippen molar-refractivity contribution < 1.29 is 21.6 Å². The number of nitrogens with zero attached hydrogens (tertiary/aromatic N) is 2. The van der Waals surface area contributed by atoms with Crippen molar-refractivity contribution in [3.8, 4) is 0 Å². The summed E-state index contributed by atoms with van der Waals surface area (Å²) in [5, 5.41) is 2.85. The van der Waals surface area contributed by atoms with E-state index in [-0.39, 0.29) is 0 Å². The number of aromatic nitrogens is 2. The molecule has 0 atom stereocenters. The lowest BCUT2D eigenvalue weighted by Crippen LogP contribution is -2.21. The molecule has 4 nitrogen and oxygen atoms in total. The molecule has 0 aromatic carbocycles. The topological polar surface area (TPSA) is 52.0 Å². The quantitative estimate of drug-likeness (QED) is 0.754. The smallest absolute Gasteiger partial charge is 0.245 e. The zero-order chi connectivity index (χ0) is 11.0. The van der Waals surface area contributed by atoms with Crippen LogP contribution in [0.3, 0.4) is 0 Å². The Kier molecular flexibility index (Phi) is 2.57. The molecule has 1 rings (SSSR count). The lowest BCUT2D eigenvalue weighted by atomic mass is 10.6. The van der Waals surface area contributed by atoms with E-state index in [1.165, 1.54) is 0 Å². The highest BCUT2D eigenvalue weighted by molar-refractivity contribution is 7.90. The molecular weight excluding hydrogens is 221 g/mol. The van der Waals surface area contributed by atoms with Crippen LogP contribution in [0.5, 0.6) is 0 Å². The van der Waals surface area contributed by atoms with Gasteiger partial charge in [-0.3, -0.25) is 0 Å². The normalized spacial score (nSPS) is 13.1. The summed E-state index contributed by atoms with van der Waals surface area (Å²) in [5.41, 5.74) is 0. The fraction of sp³-hybridized carbons (Fsp3) is 0.500. The molecule has 0 radical (unpaired) electrons. The molecule has 0 N–H and O–H groups in total. The number of sulfone groups is 1. The fourth-order valence-corrected chi connectivity index (χ4v) is 1.73. The molecule has 0 spiro atoms. The predicted octanol–water partition coefficient (Wildman–Crippen LogP) is 0.849. The third-order valence-corrected chi connectivity index (χ3v) is 2.49. The maximum absolute atomic E-state index is 11.9. The van der Waals surface area contributed by atoms with Crippen LogP contribution in [0.4, 0.5) is 13.2 Å². The van der Waals surface area contributed by atoms with E-state index in [1.807, 2.05) is 0 Å². The highest BCUT2D eigenvalue weighted by Gasteiger charge is 2.30. The van der Waals surface area contributed by atoms with Crippen molar-refractivity contribution >= 4 is 9.84 Å². The third-order valence-electron chi connectivity index (χ3n) is 1.39. The van der Waals surface area contributed by atoms with Crippen LogP contribution in [0.1, 0.15) is 0 Å². The van der Waals surface area contributed by atoms with Gasteiger partial charge in [0.1, 0.15) is 6.54 Å². The molecule has 1 heterocycles. The van der Waals surface area contributed by atoms with Gasteiger partial charge < -0.3 is 0 Å². The largest absolute Gasteiger partial charge is 0.408 e. The second-order valence-electron chi connectivity index (χ2n) is 2.71. The summed E-state index contributed by atoms with van der Waals surface area (Å²) in [5.74, 6) is 0. The highest BCUT2D eigenvalue weighted by atomic mass is 32.2. The van der Waals surface area contributed by atoms with Gasteiger partial charge in [0.15, 0.2) is 14.9 Å². The molecular formula is C6H7F3N2O2S. The van der Waals surface area contributed by atoms with Crippen molar-refractivity contribution in [1.82, 2.24) is 9.78 Å². The zero-order valence-corrected chi connectivity index (χ0v) is 7.93. The van der Waals surface area contributed by atoms with Crippen LogP contribution in [0.15, 0.2) is 17.3 Å². The van der Waals surface area contributed by atoms with Crippen LogP contribution in [0.2, 0.25) is 0 Å². The Morgan fingerprint density at radius 2 is 2.07 bits per heavy atom. The van der Waals surface area contributed by atoms with Gasteiger partial charge in [-0.05, 0) is 6.07 Å². The van der Waals surface area contributed by atoms with Gasteiger partial charge in [0.05, 0.1) is 6.20 Å². The van der Waals surface area contributed by atoms with E-state index >= 15 is 0 Å². The van der Waals surface area contributed by atoms with Gasteiger partial charge in [-0.25, -0.2) is 13.1 Å². The third kappa shape index (κ3) is 2.72. The average Bonchev–Trinajstić information content (AvgIpc) is 2.29. The van der Waals surface area contributed by atoms with Gasteiger partial charge in [-0.2, -0.15) is 18.3 Å². The molecule has 8 heteroatoms. The summed E-state index contributed by atoms with van der Waals surface area (Å²) < 4.78 is 58.2. The second-order valence-corrected chi connectivity index (χ2v) is 4.68. The zero-order valence-electron chi connectivity index (χ0n) is 7.11. The van der Waals surface area contributed by atoms with Gasteiger partial charge >= 0.3 is 6.18 Å². The molecule has 0 amide bonds. The van der Waals surface area contributed by atoms with Crippen LogP contribution in [-0.4, -0.2) is 30.6 Å². The molecule has 1 aromatic heterocycles. The van der Waals surface area contributed by atoms with Crippen molar-refractivity contribution in [2.45, 2.75) is 17.7 Å². The molecule has 0 aliphatic rings. The van der Waals surface area contributed by atoms with Crippen molar-refractivity contribution in [3.63, 3.8) is 0 Å². The minimum atomic E-state index is -4.48. The minimum Gasteiger partial charge on any atom is -0.245 e. The van der Waals surface area contributed by atoms with E-state index in [2.05, 4.69) is 5.10 Å². The maximum atomic E-state index is 11.9. The van der Waals surface area contributed by atoms with Crippen molar-refractivity contribution in [2.24, 2.45) is 0 Å². The Hall–Kier alpha value is -1.05. The molecule has 0 saturated heterocycles. The SMILES string of the molecule is CS(=O)(=O)c1ccnn1CC(F)(F)F. The number of hydrogen-bond acceptors (Lipinski definition) is 3. The molecule has 0 unspecified atom stereocenters. The van der Waals surface area contributed by atoms with Crippen molar-refractivity contribution in [1.29, 1.82) is 0 Å². The van der Waals surface area contributed by atoms with Crippen LogP contribution in [0.25, 0.3) is 0 Å². The molecule has 0 bridgehead atoms. The Morgan fingerprint density at radius 3 is 2.50 bits per heavy atom. The number of rotatable bonds is 2. The lowest BCUT2D eigenvalue weighted by molar-refractivity contribution is -0.144. The standard InChI is InChI=1S/C6H7F3N2O2S/c1-14(12,13)5-2-3-10-11(5)4-6(7,8)9/h2-3H,4H2,1H3. The van der Waals surface area contributed by atoms with E-state index in [0.717, 1.165) is 18.5 Å². The molecule has 0 aliphatic heterocycles. The lowest BCUT2D eigenvalue weighted by Gasteiger charge is -2.08. The predicted molar refractivity (Wildman–Crippen MR) is 41.4 cm³/mol. The first-order valence-electron chi connectivity index (χ1n) is 3.49. The Balaban J connectivity index is 3.07. The molecule has 1 aromatic rings. The molecule has 80 valence electrons. The van der Waals surface area contributed by atoms with Crippen LogP contribution >= 0.6 is 0 Å². The second kappa shape index (κ2) is 3.26. The van der Waals surface area contributed by atoms with Crippen LogP contribution in [-0.2, 0) is 16.4 Å². The first-order chi connectivity index (χ1) is 6.20. The summed E-state index contributed by atoms with van der Waals surface area (Å²) in [6, 6.07) is 1.03. The molecule has 0 fully saturated rings. The summed E-state index contributed by atoms with van der Waals surface area (Å²) in [6.45, 7) is -1.40. The Morgan fingerprint density at radius 1 is 1.50 bits per heavy atom. The van der Waals surface area contributed by atoms with E-state index in [0.29, 0.717) is 4.68 Å². The minimum absolute atomic E-state index is 0.412. The fourth-order valence-electron chi connectivity index (χ4n) is 0.924. The Labute approximate surface area is 78.3 Å². The number of hydrogen-bond donors (Lipinski definition) is 0. The van der Waals surface area contributed by atoms with Gasteiger partial charge in [0.25, 0.3) is 0 Å². The van der Waals surface area contributed by atoms with E-state index in [1.54, 1.807) is 0 Å². The molecule has 14 heavy (non-hydrogen) atoms. The van der Waals surface area contributed by atoms with Gasteiger partial charge in [-0.15, -0.1) is 0 Å². The van der Waals surface area contributed by atoms with Crippen LogP contribution < -0.4 is 0 Å². The highest BCUT2D eigenvalue weighted by Crippen LogP contribution is 2.19. The average molecular weight is 228 g/mol. The van der Waals surface area contributed by atoms with Crippen molar-refractivity contribution in [3.05, 3.63) is 12.3 Å². The van der Waals surface area contributed by atoms with Crippen molar-refractivity contribution in [2.75, 3.05) is 6.26 Å². The first-order valence-corrected chi connectivity index (χ1v) is 5.38. The summed E-state index contributed by atoms with van der Waals surface area (Å²) in [7, 11) is -3.66. The molecule has 0 saturated carbocycles. The van der Waals surface area contributed by atoms with E-state index in [4.69, 9.17) is 0 Å². The Bertz CT molecular complexity index is 421. The molecule has 0 aliphatic carbocycles. The van der Waals surface area contributed by atoms with Crippen LogP contribution in [0, 0.1) is 0 Å². The maximum Gasteiger partial charge on any atom is 0.408 e. The number of halogens is 3. The van der Waals surface area contributed by atoms with Gasteiger partial charge in [0.2, 0.25) is 0 Å². The number of alkyl halides is 3. The van der Waals surface area contributed by atoms with E-state index < -0.39 is 27.6 Å².